The summed E-state index contributed by atoms with van der Waals surface area (Å²) in [6.07, 6.45) is 1.77. The van der Waals surface area contributed by atoms with Crippen LogP contribution < -0.4 is 14.8 Å². The van der Waals surface area contributed by atoms with Gasteiger partial charge in [0, 0.05) is 29.4 Å². The van der Waals surface area contributed by atoms with Crippen LogP contribution in [0.15, 0.2) is 24.4 Å². The number of aryl methyl sites for hydroxylation is 1. The number of ether oxygens (including phenoxy) is 2. The number of nitrogens with one attached hydrogen (secondary N) is 2. The first-order valence-electron chi connectivity index (χ1n) is 8.94. The molecular weight excluding hydrogens is 358 g/mol. The number of H-pyrrole nitrogens is 1. The summed E-state index contributed by atoms with van der Waals surface area (Å²) in [5.41, 5.74) is 4.53. The first-order chi connectivity index (χ1) is 13.4. The van der Waals surface area contributed by atoms with Crippen molar-refractivity contribution in [3.63, 3.8) is 0 Å². The highest BCUT2D eigenvalue weighted by atomic mass is 16.5. The Hall–Kier alpha value is -3.29. The second kappa shape index (κ2) is 7.75. The molecule has 0 saturated carbocycles. The summed E-state index contributed by atoms with van der Waals surface area (Å²) in [7, 11) is 5.07. The van der Waals surface area contributed by atoms with E-state index in [0.29, 0.717) is 22.9 Å². The minimum atomic E-state index is -0.228. The third-order valence-electron chi connectivity index (χ3n) is 4.99. The fourth-order valence-corrected chi connectivity index (χ4v) is 3.17. The number of carbonyl (C=O) groups is 1. The van der Waals surface area contributed by atoms with Gasteiger partial charge in [-0.2, -0.15) is 10.2 Å². The molecule has 1 atom stereocenters. The number of aromatic amines is 1. The average molecular weight is 383 g/mol. The molecule has 8 nitrogen and oxygen atoms in total. The Morgan fingerprint density at radius 1 is 1.25 bits per heavy atom. The number of hydrogen-bond donors (Lipinski definition) is 2. The predicted molar refractivity (Wildman–Crippen MR) is 106 cm³/mol. The summed E-state index contributed by atoms with van der Waals surface area (Å²) < 4.78 is 12.5. The lowest BCUT2D eigenvalue weighted by Crippen LogP contribution is -2.27. The molecule has 0 bridgehead atoms. The van der Waals surface area contributed by atoms with Gasteiger partial charge in [-0.25, -0.2) is 0 Å². The van der Waals surface area contributed by atoms with Crippen molar-refractivity contribution in [3.05, 3.63) is 46.9 Å². The molecule has 0 aliphatic rings. The first-order valence-corrected chi connectivity index (χ1v) is 8.94. The van der Waals surface area contributed by atoms with Gasteiger partial charge in [0.15, 0.2) is 0 Å². The molecule has 1 aromatic carbocycles. The first kappa shape index (κ1) is 19.5. The molecule has 0 fully saturated rings. The maximum Gasteiger partial charge on any atom is 0.270 e. The van der Waals surface area contributed by atoms with Crippen LogP contribution in [-0.4, -0.2) is 40.1 Å². The van der Waals surface area contributed by atoms with Crippen LogP contribution in [0.25, 0.3) is 11.3 Å². The summed E-state index contributed by atoms with van der Waals surface area (Å²) >= 11 is 0. The molecule has 3 rings (SSSR count). The fraction of sp³-hybridized carbons (Fsp3) is 0.350. The van der Waals surface area contributed by atoms with E-state index in [-0.39, 0.29) is 11.9 Å². The Morgan fingerprint density at radius 3 is 2.61 bits per heavy atom. The third-order valence-corrected chi connectivity index (χ3v) is 4.99. The monoisotopic (exact) mass is 383 g/mol. The van der Waals surface area contributed by atoms with Crippen molar-refractivity contribution < 1.29 is 14.3 Å². The van der Waals surface area contributed by atoms with E-state index in [2.05, 4.69) is 20.6 Å². The molecule has 2 aromatic heterocycles. The zero-order valence-corrected chi connectivity index (χ0v) is 17.0. The van der Waals surface area contributed by atoms with Gasteiger partial charge >= 0.3 is 0 Å². The molecule has 0 aliphatic carbocycles. The smallest absolute Gasteiger partial charge is 0.270 e. The van der Waals surface area contributed by atoms with Crippen LogP contribution in [0.3, 0.4) is 0 Å². The molecule has 8 heteroatoms. The van der Waals surface area contributed by atoms with E-state index >= 15 is 0 Å². The molecule has 1 amide bonds. The van der Waals surface area contributed by atoms with Crippen LogP contribution in [-0.2, 0) is 7.05 Å². The van der Waals surface area contributed by atoms with E-state index in [9.17, 15) is 4.79 Å². The van der Waals surface area contributed by atoms with Gasteiger partial charge < -0.3 is 14.8 Å². The van der Waals surface area contributed by atoms with Crippen molar-refractivity contribution in [1.82, 2.24) is 25.3 Å². The van der Waals surface area contributed by atoms with Crippen molar-refractivity contribution in [2.75, 3.05) is 14.2 Å². The lowest BCUT2D eigenvalue weighted by Gasteiger charge is -2.13. The highest BCUT2D eigenvalue weighted by Crippen LogP contribution is 2.34. The van der Waals surface area contributed by atoms with Crippen molar-refractivity contribution in [2.24, 2.45) is 7.05 Å². The lowest BCUT2D eigenvalue weighted by molar-refractivity contribution is 0.0934. The van der Waals surface area contributed by atoms with Gasteiger partial charge in [0.25, 0.3) is 5.91 Å². The summed E-state index contributed by atoms with van der Waals surface area (Å²) in [6, 6.07) is 5.29. The number of methoxy groups -OCH3 is 2. The van der Waals surface area contributed by atoms with Gasteiger partial charge in [0.05, 0.1) is 32.2 Å². The minimum Gasteiger partial charge on any atom is -0.497 e. The van der Waals surface area contributed by atoms with Gasteiger partial charge in [-0.05, 0) is 39.0 Å². The maximum absolute atomic E-state index is 12.8. The molecule has 0 spiro atoms. The van der Waals surface area contributed by atoms with E-state index in [1.54, 1.807) is 25.1 Å². The van der Waals surface area contributed by atoms with E-state index in [4.69, 9.17) is 9.47 Å². The van der Waals surface area contributed by atoms with E-state index < -0.39 is 0 Å². The second-order valence-electron chi connectivity index (χ2n) is 6.64. The van der Waals surface area contributed by atoms with Gasteiger partial charge in [-0.15, -0.1) is 0 Å². The highest BCUT2D eigenvalue weighted by molar-refractivity contribution is 5.96. The number of benzene rings is 1. The van der Waals surface area contributed by atoms with Crippen LogP contribution in [0.2, 0.25) is 0 Å². The number of carbonyl (C=O) groups excluding carboxylic acids is 1. The third kappa shape index (κ3) is 3.45. The topological polar surface area (TPSA) is 94.1 Å². The Labute approximate surface area is 163 Å². The van der Waals surface area contributed by atoms with Crippen LogP contribution in [0.5, 0.6) is 11.5 Å². The minimum absolute atomic E-state index is 0.182. The summed E-state index contributed by atoms with van der Waals surface area (Å²) in [6.45, 7) is 5.76. The fourth-order valence-electron chi connectivity index (χ4n) is 3.17. The van der Waals surface area contributed by atoms with Crippen LogP contribution >= 0.6 is 0 Å². The molecule has 0 saturated heterocycles. The molecule has 2 N–H and O–H groups in total. The molecule has 1 unspecified atom stereocenters. The largest absolute Gasteiger partial charge is 0.497 e. The van der Waals surface area contributed by atoms with Crippen molar-refractivity contribution >= 4 is 5.91 Å². The highest BCUT2D eigenvalue weighted by Gasteiger charge is 2.22. The second-order valence-corrected chi connectivity index (χ2v) is 6.64. The molecule has 3 aromatic rings. The number of hydrogen-bond acceptors (Lipinski definition) is 5. The lowest BCUT2D eigenvalue weighted by atomic mass is 10.0. The van der Waals surface area contributed by atoms with E-state index in [0.717, 1.165) is 22.4 Å². The standard InChI is InChI=1S/C20H25N5O3/c1-11-18(15-9-14(27-5)7-8-17(15)28-6)23-24-19(11)20(26)22-12(2)16-10-21-25(4)13(16)3/h7-10,12H,1-6H3,(H,22,26)(H,23,24). The quantitative estimate of drug-likeness (QED) is 0.683. The van der Waals surface area contributed by atoms with Crippen molar-refractivity contribution in [1.29, 1.82) is 0 Å². The molecule has 0 aliphatic heterocycles. The molecule has 148 valence electrons. The summed E-state index contributed by atoms with van der Waals surface area (Å²) in [5.74, 6) is 1.11. The van der Waals surface area contributed by atoms with Gasteiger partial charge in [-0.1, -0.05) is 0 Å². The molecular formula is C20H25N5O3. The number of nitrogens with zero attached hydrogens (tertiary/aromatic N) is 3. The van der Waals surface area contributed by atoms with Gasteiger partial charge in [0.2, 0.25) is 0 Å². The maximum atomic E-state index is 12.8. The van der Waals surface area contributed by atoms with E-state index in [1.165, 1.54) is 0 Å². The zero-order chi connectivity index (χ0) is 20.4. The molecule has 0 radical (unpaired) electrons. The molecule has 2 heterocycles. The average Bonchev–Trinajstić information content (AvgIpc) is 3.23. The van der Waals surface area contributed by atoms with Crippen molar-refractivity contribution in [2.45, 2.75) is 26.8 Å². The molecule has 28 heavy (non-hydrogen) atoms. The normalized spacial score (nSPS) is 11.9. The Kier molecular flexibility index (Phi) is 5.39. The van der Waals surface area contributed by atoms with Gasteiger partial charge in [-0.3, -0.25) is 14.6 Å². The number of rotatable bonds is 6. The SMILES string of the molecule is COc1ccc(OC)c(-c2n[nH]c(C(=O)NC(C)c3cnn(C)c3C)c2C)c1. The van der Waals surface area contributed by atoms with Crippen LogP contribution in [0.4, 0.5) is 0 Å². The van der Waals surface area contributed by atoms with Crippen LogP contribution in [0.1, 0.15) is 40.3 Å². The Bertz CT molecular complexity index is 1010. The van der Waals surface area contributed by atoms with Crippen LogP contribution in [0, 0.1) is 13.8 Å². The summed E-state index contributed by atoms with van der Waals surface area (Å²) in [5, 5.41) is 14.5. The van der Waals surface area contributed by atoms with E-state index in [1.807, 2.05) is 46.0 Å². The van der Waals surface area contributed by atoms with Crippen molar-refractivity contribution in [3.8, 4) is 22.8 Å². The zero-order valence-electron chi connectivity index (χ0n) is 17.0. The Morgan fingerprint density at radius 2 is 2.00 bits per heavy atom. The Balaban J connectivity index is 1.89. The predicted octanol–water partition coefficient (Wildman–Crippen LogP) is 2.94. The number of aromatic nitrogens is 4. The summed E-state index contributed by atoms with van der Waals surface area (Å²) in [4.78, 5) is 12.8. The van der Waals surface area contributed by atoms with Gasteiger partial charge in [0.1, 0.15) is 17.2 Å². The number of amides is 1.